The fourth-order valence-electron chi connectivity index (χ4n) is 1.93. The fraction of sp³-hybridized carbons (Fsp3) is 0.375. The van der Waals surface area contributed by atoms with E-state index in [4.69, 9.17) is 9.47 Å². The summed E-state index contributed by atoms with van der Waals surface area (Å²) in [5.41, 5.74) is 0.543. The second-order valence-corrected chi connectivity index (χ2v) is 4.57. The van der Waals surface area contributed by atoms with Gasteiger partial charge in [0.15, 0.2) is 0 Å². The Morgan fingerprint density at radius 2 is 2.14 bits per heavy atom. The Bertz CT molecular complexity index is 509. The number of esters is 1. The third-order valence-electron chi connectivity index (χ3n) is 3.01. The molecule has 1 aliphatic heterocycles. The molecule has 0 unspecified atom stereocenters. The SMILES string of the molecule is CCOC(=O)c1ccc(OCCCN2C=CN=CC2)cc1. The molecule has 1 aromatic carbocycles. The van der Waals surface area contributed by atoms with Crippen molar-refractivity contribution in [1.82, 2.24) is 4.90 Å². The van der Waals surface area contributed by atoms with Gasteiger partial charge in [-0.2, -0.15) is 0 Å². The predicted molar refractivity (Wildman–Crippen MR) is 81.7 cm³/mol. The number of benzene rings is 1. The quantitative estimate of drug-likeness (QED) is 0.571. The maximum Gasteiger partial charge on any atom is 0.338 e. The highest BCUT2D eigenvalue weighted by Crippen LogP contribution is 2.13. The molecule has 0 aliphatic carbocycles. The van der Waals surface area contributed by atoms with Crippen LogP contribution in [0.25, 0.3) is 0 Å². The molecule has 0 radical (unpaired) electrons. The number of carbonyl (C=O) groups excluding carboxylic acids is 1. The highest BCUT2D eigenvalue weighted by molar-refractivity contribution is 5.89. The van der Waals surface area contributed by atoms with Gasteiger partial charge in [0, 0.05) is 25.2 Å². The molecule has 5 nitrogen and oxygen atoms in total. The Morgan fingerprint density at radius 3 is 2.81 bits per heavy atom. The summed E-state index contributed by atoms with van der Waals surface area (Å²) in [6.45, 7) is 4.60. The first-order valence-electron chi connectivity index (χ1n) is 7.12. The zero-order valence-corrected chi connectivity index (χ0v) is 12.2. The molecular formula is C16H20N2O3. The van der Waals surface area contributed by atoms with E-state index < -0.39 is 0 Å². The third kappa shape index (κ3) is 4.95. The summed E-state index contributed by atoms with van der Waals surface area (Å²) in [6, 6.07) is 7.02. The first-order valence-corrected chi connectivity index (χ1v) is 7.12. The summed E-state index contributed by atoms with van der Waals surface area (Å²) in [7, 11) is 0. The molecule has 2 rings (SSSR count). The van der Waals surface area contributed by atoms with Crippen LogP contribution in [0, 0.1) is 0 Å². The lowest BCUT2D eigenvalue weighted by Crippen LogP contribution is -2.23. The summed E-state index contributed by atoms with van der Waals surface area (Å²) in [5, 5.41) is 0. The number of hydrogen-bond acceptors (Lipinski definition) is 5. The molecule has 21 heavy (non-hydrogen) atoms. The van der Waals surface area contributed by atoms with Crippen LogP contribution >= 0.6 is 0 Å². The van der Waals surface area contributed by atoms with Gasteiger partial charge < -0.3 is 14.4 Å². The van der Waals surface area contributed by atoms with Gasteiger partial charge in [-0.1, -0.05) is 0 Å². The largest absolute Gasteiger partial charge is 0.494 e. The van der Waals surface area contributed by atoms with E-state index in [0.717, 1.165) is 25.3 Å². The number of nitrogens with zero attached hydrogens (tertiary/aromatic N) is 2. The van der Waals surface area contributed by atoms with Crippen LogP contribution in [-0.2, 0) is 4.74 Å². The zero-order valence-electron chi connectivity index (χ0n) is 12.2. The molecule has 0 N–H and O–H groups in total. The van der Waals surface area contributed by atoms with E-state index in [-0.39, 0.29) is 5.97 Å². The van der Waals surface area contributed by atoms with Crippen LogP contribution in [0.3, 0.4) is 0 Å². The number of hydrogen-bond donors (Lipinski definition) is 0. The van der Waals surface area contributed by atoms with Crippen LogP contribution in [0.4, 0.5) is 0 Å². The Balaban J connectivity index is 1.70. The predicted octanol–water partition coefficient (Wildman–Crippen LogP) is 2.49. The van der Waals surface area contributed by atoms with Crippen molar-refractivity contribution in [3.05, 3.63) is 42.2 Å². The van der Waals surface area contributed by atoms with Crippen LogP contribution in [-0.4, -0.2) is 43.4 Å². The average Bonchev–Trinajstić information content (AvgIpc) is 2.53. The van der Waals surface area contributed by atoms with Crippen molar-refractivity contribution in [3.63, 3.8) is 0 Å². The molecule has 5 heteroatoms. The number of ether oxygens (including phenoxy) is 2. The van der Waals surface area contributed by atoms with Gasteiger partial charge in [-0.3, -0.25) is 4.99 Å². The molecular weight excluding hydrogens is 268 g/mol. The minimum atomic E-state index is -0.303. The molecule has 1 aliphatic rings. The van der Waals surface area contributed by atoms with Crippen LogP contribution in [0.15, 0.2) is 41.7 Å². The number of rotatable bonds is 7. The number of carbonyl (C=O) groups is 1. The highest BCUT2D eigenvalue weighted by atomic mass is 16.5. The maximum absolute atomic E-state index is 11.5. The summed E-state index contributed by atoms with van der Waals surface area (Å²) < 4.78 is 10.6. The van der Waals surface area contributed by atoms with Crippen molar-refractivity contribution in [3.8, 4) is 5.75 Å². The molecule has 1 aromatic rings. The molecule has 0 saturated heterocycles. The van der Waals surface area contributed by atoms with E-state index in [1.165, 1.54) is 0 Å². The van der Waals surface area contributed by atoms with Crippen molar-refractivity contribution < 1.29 is 14.3 Å². The molecule has 0 saturated carbocycles. The second kappa shape index (κ2) is 8.09. The average molecular weight is 288 g/mol. The van der Waals surface area contributed by atoms with Crippen LogP contribution in [0.5, 0.6) is 5.75 Å². The van der Waals surface area contributed by atoms with Crippen LogP contribution in [0.1, 0.15) is 23.7 Å². The summed E-state index contributed by atoms with van der Waals surface area (Å²) >= 11 is 0. The third-order valence-corrected chi connectivity index (χ3v) is 3.01. The Labute approximate surface area is 124 Å². The van der Waals surface area contributed by atoms with E-state index in [1.807, 2.05) is 12.4 Å². The summed E-state index contributed by atoms with van der Waals surface area (Å²) in [5.74, 6) is 0.460. The molecule has 0 amide bonds. The van der Waals surface area contributed by atoms with Crippen molar-refractivity contribution >= 4 is 12.2 Å². The highest BCUT2D eigenvalue weighted by Gasteiger charge is 2.06. The molecule has 1 heterocycles. The molecule has 0 spiro atoms. The lowest BCUT2D eigenvalue weighted by atomic mass is 10.2. The van der Waals surface area contributed by atoms with E-state index in [2.05, 4.69) is 9.89 Å². The Morgan fingerprint density at radius 1 is 1.33 bits per heavy atom. The smallest absolute Gasteiger partial charge is 0.338 e. The van der Waals surface area contributed by atoms with Crippen LogP contribution < -0.4 is 4.74 Å². The second-order valence-electron chi connectivity index (χ2n) is 4.57. The number of aliphatic imine (C=N–C) groups is 1. The van der Waals surface area contributed by atoms with Crippen LogP contribution in [0.2, 0.25) is 0 Å². The van der Waals surface area contributed by atoms with Gasteiger partial charge >= 0.3 is 5.97 Å². The van der Waals surface area contributed by atoms with Gasteiger partial charge in [-0.15, -0.1) is 0 Å². The van der Waals surface area contributed by atoms with Crippen molar-refractivity contribution in [2.24, 2.45) is 4.99 Å². The van der Waals surface area contributed by atoms with Crippen molar-refractivity contribution in [2.45, 2.75) is 13.3 Å². The molecule has 0 atom stereocenters. The summed E-state index contributed by atoms with van der Waals surface area (Å²) in [6.07, 6.45) is 6.58. The van der Waals surface area contributed by atoms with Gasteiger partial charge in [0.1, 0.15) is 5.75 Å². The fourth-order valence-corrected chi connectivity index (χ4v) is 1.93. The summed E-state index contributed by atoms with van der Waals surface area (Å²) in [4.78, 5) is 17.7. The van der Waals surface area contributed by atoms with Gasteiger partial charge in [0.25, 0.3) is 0 Å². The van der Waals surface area contributed by atoms with Crippen molar-refractivity contribution in [1.29, 1.82) is 0 Å². The maximum atomic E-state index is 11.5. The Kier molecular flexibility index (Phi) is 5.82. The van der Waals surface area contributed by atoms with E-state index in [1.54, 1.807) is 37.4 Å². The minimum absolute atomic E-state index is 0.303. The topological polar surface area (TPSA) is 51.1 Å². The molecule has 0 fully saturated rings. The van der Waals surface area contributed by atoms with Gasteiger partial charge in [-0.25, -0.2) is 4.79 Å². The van der Waals surface area contributed by atoms with Crippen molar-refractivity contribution in [2.75, 3.05) is 26.3 Å². The van der Waals surface area contributed by atoms with Gasteiger partial charge in [0.2, 0.25) is 0 Å². The van der Waals surface area contributed by atoms with Gasteiger partial charge in [-0.05, 0) is 37.6 Å². The molecule has 0 bridgehead atoms. The monoisotopic (exact) mass is 288 g/mol. The van der Waals surface area contributed by atoms with Gasteiger partial charge in [0.05, 0.1) is 25.3 Å². The molecule has 112 valence electrons. The lowest BCUT2D eigenvalue weighted by molar-refractivity contribution is 0.0526. The normalized spacial score (nSPS) is 13.3. The van der Waals surface area contributed by atoms with E-state index in [9.17, 15) is 4.79 Å². The van der Waals surface area contributed by atoms with E-state index in [0.29, 0.717) is 18.8 Å². The van der Waals surface area contributed by atoms with E-state index >= 15 is 0 Å². The standard InChI is InChI=1S/C16H20N2O3/c1-2-20-16(19)14-4-6-15(7-5-14)21-13-3-10-18-11-8-17-9-12-18/h4-9,11H,2-3,10,12-13H2,1H3. The molecule has 0 aromatic heterocycles. The zero-order chi connectivity index (χ0) is 14.9. The minimum Gasteiger partial charge on any atom is -0.494 e. The first kappa shape index (κ1) is 15.1. The Hall–Kier alpha value is -2.30. The first-order chi connectivity index (χ1) is 10.3. The lowest BCUT2D eigenvalue weighted by Gasteiger charge is -2.19.